The predicted molar refractivity (Wildman–Crippen MR) is 84.8 cm³/mol. The minimum Gasteiger partial charge on any atom is -0.492 e. The van der Waals surface area contributed by atoms with Crippen molar-refractivity contribution >= 4 is 15.7 Å². The predicted octanol–water partition coefficient (Wildman–Crippen LogP) is 2.24. The summed E-state index contributed by atoms with van der Waals surface area (Å²) >= 11 is 0. The molecule has 1 aliphatic heterocycles. The number of sulfonamides is 1. The van der Waals surface area contributed by atoms with Crippen molar-refractivity contribution in [1.29, 1.82) is 0 Å². The number of anilines is 1. The average molecular weight is 312 g/mol. The molecule has 2 N–H and O–H groups in total. The Morgan fingerprint density at radius 2 is 2.14 bits per heavy atom. The van der Waals surface area contributed by atoms with Crippen molar-refractivity contribution in [3.05, 3.63) is 24.3 Å². The van der Waals surface area contributed by atoms with Gasteiger partial charge in [-0.15, -0.1) is 0 Å². The van der Waals surface area contributed by atoms with E-state index in [-0.39, 0.29) is 18.4 Å². The molecular weight excluding hydrogens is 288 g/mol. The molecule has 1 fully saturated rings. The van der Waals surface area contributed by atoms with E-state index in [9.17, 15) is 8.42 Å². The number of benzene rings is 1. The summed E-state index contributed by atoms with van der Waals surface area (Å²) in [5, 5.41) is 0. The molecule has 1 aromatic rings. The van der Waals surface area contributed by atoms with E-state index in [1.165, 1.54) is 0 Å². The number of nitrogen functional groups attached to an aromatic ring is 1. The monoisotopic (exact) mass is 312 g/mol. The Morgan fingerprint density at radius 1 is 1.33 bits per heavy atom. The SMILES string of the molecule is CC1CCCCCN1S(=O)(=O)CCOc1cccc(N)c1. The highest BCUT2D eigenvalue weighted by molar-refractivity contribution is 7.89. The van der Waals surface area contributed by atoms with Crippen LogP contribution in [0.15, 0.2) is 24.3 Å². The number of rotatable bonds is 5. The van der Waals surface area contributed by atoms with Gasteiger partial charge in [-0.25, -0.2) is 8.42 Å². The Hall–Kier alpha value is -1.27. The lowest BCUT2D eigenvalue weighted by molar-refractivity contribution is 0.318. The molecule has 2 rings (SSSR count). The quantitative estimate of drug-likeness (QED) is 0.846. The third-order valence-corrected chi connectivity index (χ3v) is 5.76. The molecule has 1 saturated heterocycles. The number of hydrogen-bond donors (Lipinski definition) is 1. The van der Waals surface area contributed by atoms with Gasteiger partial charge in [-0.3, -0.25) is 0 Å². The van der Waals surface area contributed by atoms with Crippen molar-refractivity contribution in [2.24, 2.45) is 0 Å². The Bertz CT molecular complexity index is 560. The lowest BCUT2D eigenvalue weighted by Crippen LogP contribution is -2.40. The Morgan fingerprint density at radius 3 is 2.90 bits per heavy atom. The minimum atomic E-state index is -3.26. The topological polar surface area (TPSA) is 72.6 Å². The van der Waals surface area contributed by atoms with Crippen LogP contribution in [0.2, 0.25) is 0 Å². The maximum atomic E-state index is 12.4. The van der Waals surface area contributed by atoms with Crippen LogP contribution < -0.4 is 10.5 Å². The molecule has 6 heteroatoms. The van der Waals surface area contributed by atoms with Crippen molar-refractivity contribution in [2.45, 2.75) is 38.6 Å². The molecule has 0 radical (unpaired) electrons. The van der Waals surface area contributed by atoms with Crippen LogP contribution in [0.4, 0.5) is 5.69 Å². The highest BCUT2D eigenvalue weighted by Gasteiger charge is 2.28. The van der Waals surface area contributed by atoms with Gasteiger partial charge in [-0.2, -0.15) is 4.31 Å². The van der Waals surface area contributed by atoms with Crippen molar-refractivity contribution in [2.75, 3.05) is 24.6 Å². The van der Waals surface area contributed by atoms with E-state index in [1.807, 2.05) is 6.92 Å². The summed E-state index contributed by atoms with van der Waals surface area (Å²) in [6.07, 6.45) is 4.10. The first-order chi connectivity index (χ1) is 9.99. The molecule has 5 nitrogen and oxygen atoms in total. The van der Waals surface area contributed by atoms with Gasteiger partial charge in [0.15, 0.2) is 0 Å². The van der Waals surface area contributed by atoms with E-state index in [0.29, 0.717) is 18.0 Å². The molecule has 0 aromatic heterocycles. The summed E-state index contributed by atoms with van der Waals surface area (Å²) in [5.41, 5.74) is 6.27. The van der Waals surface area contributed by atoms with E-state index < -0.39 is 10.0 Å². The highest BCUT2D eigenvalue weighted by atomic mass is 32.2. The highest BCUT2D eigenvalue weighted by Crippen LogP contribution is 2.20. The van der Waals surface area contributed by atoms with E-state index in [0.717, 1.165) is 25.7 Å². The van der Waals surface area contributed by atoms with Gasteiger partial charge in [-0.05, 0) is 31.9 Å². The summed E-state index contributed by atoms with van der Waals surface area (Å²) in [6.45, 7) is 2.76. The second kappa shape index (κ2) is 7.13. The van der Waals surface area contributed by atoms with Crippen LogP contribution in [0.25, 0.3) is 0 Å². The molecular formula is C15H24N2O3S. The van der Waals surface area contributed by atoms with E-state index in [2.05, 4.69) is 0 Å². The number of ether oxygens (including phenoxy) is 1. The Kier molecular flexibility index (Phi) is 5.47. The average Bonchev–Trinajstić information content (AvgIpc) is 2.63. The summed E-state index contributed by atoms with van der Waals surface area (Å²) in [5.74, 6) is 0.612. The molecule has 0 aliphatic carbocycles. The summed E-state index contributed by atoms with van der Waals surface area (Å²) in [7, 11) is -3.26. The third-order valence-electron chi connectivity index (χ3n) is 3.82. The lowest BCUT2D eigenvalue weighted by atomic mass is 10.1. The molecule has 118 valence electrons. The van der Waals surface area contributed by atoms with Gasteiger partial charge in [0.2, 0.25) is 10.0 Å². The van der Waals surface area contributed by atoms with E-state index >= 15 is 0 Å². The smallest absolute Gasteiger partial charge is 0.217 e. The standard InChI is InChI=1S/C15H24N2O3S/c1-13-6-3-2-4-9-17(13)21(18,19)11-10-20-15-8-5-7-14(16)12-15/h5,7-8,12-13H,2-4,6,9-11,16H2,1H3. The van der Waals surface area contributed by atoms with Crippen molar-refractivity contribution in [1.82, 2.24) is 4.31 Å². The van der Waals surface area contributed by atoms with Gasteiger partial charge >= 0.3 is 0 Å². The molecule has 0 amide bonds. The van der Waals surface area contributed by atoms with Gasteiger partial charge in [0, 0.05) is 24.3 Å². The Labute approximate surface area is 127 Å². The van der Waals surface area contributed by atoms with Gasteiger partial charge in [0.25, 0.3) is 0 Å². The molecule has 0 spiro atoms. The summed E-state index contributed by atoms with van der Waals surface area (Å²) < 4.78 is 32.0. The van der Waals surface area contributed by atoms with Gasteiger partial charge in [-0.1, -0.05) is 18.9 Å². The molecule has 1 aliphatic rings. The fraction of sp³-hybridized carbons (Fsp3) is 0.600. The zero-order valence-corrected chi connectivity index (χ0v) is 13.3. The van der Waals surface area contributed by atoms with Crippen LogP contribution in [0.3, 0.4) is 0 Å². The van der Waals surface area contributed by atoms with Crippen LogP contribution in [0.1, 0.15) is 32.6 Å². The second-order valence-corrected chi connectivity index (χ2v) is 7.59. The van der Waals surface area contributed by atoms with E-state index in [1.54, 1.807) is 28.6 Å². The first-order valence-corrected chi connectivity index (χ1v) is 9.08. The normalized spacial score (nSPS) is 20.9. The molecule has 21 heavy (non-hydrogen) atoms. The van der Waals surface area contributed by atoms with Crippen molar-refractivity contribution in [3.63, 3.8) is 0 Å². The maximum Gasteiger partial charge on any atom is 0.217 e. The van der Waals surface area contributed by atoms with Crippen LogP contribution in [0.5, 0.6) is 5.75 Å². The zero-order valence-electron chi connectivity index (χ0n) is 12.5. The second-order valence-electron chi connectivity index (χ2n) is 5.55. The van der Waals surface area contributed by atoms with Crippen molar-refractivity contribution < 1.29 is 13.2 Å². The van der Waals surface area contributed by atoms with Crippen LogP contribution in [0, 0.1) is 0 Å². The number of nitrogens with two attached hydrogens (primary N) is 1. The van der Waals surface area contributed by atoms with Crippen molar-refractivity contribution in [3.8, 4) is 5.75 Å². The Balaban J connectivity index is 1.91. The van der Waals surface area contributed by atoms with Gasteiger partial charge in [0.05, 0.1) is 5.75 Å². The molecule has 0 saturated carbocycles. The fourth-order valence-electron chi connectivity index (χ4n) is 2.65. The third kappa shape index (κ3) is 4.61. The summed E-state index contributed by atoms with van der Waals surface area (Å²) in [4.78, 5) is 0. The van der Waals surface area contributed by atoms with Crippen LogP contribution in [-0.2, 0) is 10.0 Å². The van der Waals surface area contributed by atoms with Crippen LogP contribution in [-0.4, -0.2) is 37.7 Å². The molecule has 1 heterocycles. The largest absolute Gasteiger partial charge is 0.492 e. The zero-order chi connectivity index (χ0) is 15.3. The maximum absolute atomic E-state index is 12.4. The molecule has 1 unspecified atom stereocenters. The number of nitrogens with zero attached hydrogens (tertiary/aromatic N) is 1. The molecule has 1 aromatic carbocycles. The molecule has 1 atom stereocenters. The molecule has 0 bridgehead atoms. The fourth-order valence-corrected chi connectivity index (χ4v) is 4.24. The summed E-state index contributed by atoms with van der Waals surface area (Å²) in [6, 6.07) is 7.11. The first-order valence-electron chi connectivity index (χ1n) is 7.47. The minimum absolute atomic E-state index is 0.00609. The van der Waals surface area contributed by atoms with E-state index in [4.69, 9.17) is 10.5 Å². The first kappa shape index (κ1) is 16.1. The lowest BCUT2D eigenvalue weighted by Gasteiger charge is -2.26. The van der Waals surface area contributed by atoms with Gasteiger partial charge < -0.3 is 10.5 Å². The van der Waals surface area contributed by atoms with Gasteiger partial charge in [0.1, 0.15) is 12.4 Å². The van der Waals surface area contributed by atoms with Crippen LogP contribution >= 0.6 is 0 Å². The number of hydrogen-bond acceptors (Lipinski definition) is 4.